The number of ketones is 1. The molecular weight excluding hydrogens is 395 g/mol. The number of methoxy groups -OCH3 is 1. The van der Waals surface area contributed by atoms with Crippen molar-refractivity contribution in [2.75, 3.05) is 12.9 Å². The van der Waals surface area contributed by atoms with E-state index in [0.29, 0.717) is 22.1 Å². The maximum absolute atomic E-state index is 14.0. The molecule has 1 amide bonds. The molecule has 0 saturated heterocycles. The van der Waals surface area contributed by atoms with E-state index in [1.54, 1.807) is 13.2 Å². The second kappa shape index (κ2) is 9.33. The fraction of sp³-hybridized carbons (Fsp3) is 0.200. The second-order valence-electron chi connectivity index (χ2n) is 6.10. The van der Waals surface area contributed by atoms with Crippen LogP contribution in [-0.4, -0.2) is 39.7 Å². The van der Waals surface area contributed by atoms with Crippen molar-refractivity contribution in [2.24, 2.45) is 0 Å². The highest BCUT2D eigenvalue weighted by Crippen LogP contribution is 2.23. The van der Waals surface area contributed by atoms with E-state index in [4.69, 9.17) is 4.74 Å². The Balaban J connectivity index is 1.51. The van der Waals surface area contributed by atoms with E-state index in [1.807, 2.05) is 24.3 Å². The van der Waals surface area contributed by atoms with E-state index >= 15 is 0 Å². The average molecular weight is 414 g/mol. The highest BCUT2D eigenvalue weighted by atomic mass is 32.2. The summed E-state index contributed by atoms with van der Waals surface area (Å²) in [6, 6.07) is 11.5. The van der Waals surface area contributed by atoms with Gasteiger partial charge in [0.05, 0.1) is 19.4 Å². The van der Waals surface area contributed by atoms with Gasteiger partial charge in [-0.05, 0) is 43.3 Å². The number of rotatable bonds is 8. The van der Waals surface area contributed by atoms with E-state index in [2.05, 4.69) is 20.5 Å². The van der Waals surface area contributed by atoms with E-state index in [9.17, 15) is 14.0 Å². The maximum Gasteiger partial charge on any atom is 0.230 e. The van der Waals surface area contributed by atoms with Crippen molar-refractivity contribution in [2.45, 2.75) is 18.4 Å². The summed E-state index contributed by atoms with van der Waals surface area (Å²) in [4.78, 5) is 28.0. The number of nitrogens with zero attached hydrogens (tertiary/aromatic N) is 2. The molecule has 150 valence electrons. The summed E-state index contributed by atoms with van der Waals surface area (Å²) in [5.74, 6) is 0.795. The van der Waals surface area contributed by atoms with Gasteiger partial charge >= 0.3 is 0 Å². The van der Waals surface area contributed by atoms with Crippen molar-refractivity contribution in [1.82, 2.24) is 20.5 Å². The van der Waals surface area contributed by atoms with Gasteiger partial charge in [0.2, 0.25) is 5.91 Å². The first-order chi connectivity index (χ1) is 14.0. The molecule has 0 aliphatic heterocycles. The SMILES string of the molecule is COc1ccc(-c2n[nH]c(CNC(=O)CSc3ccc(C(C)=O)cc3F)n2)cc1. The summed E-state index contributed by atoms with van der Waals surface area (Å²) in [5.41, 5.74) is 1.12. The molecule has 1 aromatic heterocycles. The molecule has 29 heavy (non-hydrogen) atoms. The zero-order chi connectivity index (χ0) is 20.8. The predicted molar refractivity (Wildman–Crippen MR) is 107 cm³/mol. The molecule has 0 aliphatic rings. The number of hydrogen-bond acceptors (Lipinski definition) is 6. The van der Waals surface area contributed by atoms with Crippen LogP contribution in [0.3, 0.4) is 0 Å². The first-order valence-electron chi connectivity index (χ1n) is 8.72. The van der Waals surface area contributed by atoms with Crippen LogP contribution in [0.1, 0.15) is 23.1 Å². The number of aromatic amines is 1. The Morgan fingerprint density at radius 2 is 1.97 bits per heavy atom. The molecule has 2 aromatic carbocycles. The Hall–Kier alpha value is -3.20. The molecule has 0 unspecified atom stereocenters. The van der Waals surface area contributed by atoms with Gasteiger partial charge in [0.1, 0.15) is 17.4 Å². The molecule has 1 heterocycles. The van der Waals surface area contributed by atoms with Gasteiger partial charge in [-0.25, -0.2) is 9.37 Å². The second-order valence-corrected chi connectivity index (χ2v) is 7.12. The van der Waals surface area contributed by atoms with Crippen molar-refractivity contribution in [3.63, 3.8) is 0 Å². The zero-order valence-electron chi connectivity index (χ0n) is 15.9. The third-order valence-corrected chi connectivity index (χ3v) is 5.08. The monoisotopic (exact) mass is 414 g/mol. The topological polar surface area (TPSA) is 97.0 Å². The molecule has 0 aliphatic carbocycles. The quantitative estimate of drug-likeness (QED) is 0.434. The lowest BCUT2D eigenvalue weighted by molar-refractivity contribution is -0.118. The average Bonchev–Trinajstić information content (AvgIpc) is 3.20. The molecule has 0 spiro atoms. The molecule has 0 radical (unpaired) electrons. The van der Waals surface area contributed by atoms with Gasteiger partial charge in [0, 0.05) is 16.0 Å². The van der Waals surface area contributed by atoms with Gasteiger partial charge in [-0.15, -0.1) is 11.8 Å². The standard InChI is InChI=1S/C20H19FN4O3S/c1-12(26)14-5-8-17(16(21)9-14)29-11-19(27)22-10-18-23-20(25-24-18)13-3-6-15(28-2)7-4-13/h3-9H,10-11H2,1-2H3,(H,22,27)(H,23,24,25). The van der Waals surface area contributed by atoms with E-state index in [1.165, 1.54) is 19.1 Å². The number of hydrogen-bond donors (Lipinski definition) is 2. The highest BCUT2D eigenvalue weighted by molar-refractivity contribution is 8.00. The van der Waals surface area contributed by atoms with Crippen LogP contribution in [-0.2, 0) is 11.3 Å². The Kier molecular flexibility index (Phi) is 6.61. The molecule has 2 N–H and O–H groups in total. The minimum absolute atomic E-state index is 0.0375. The van der Waals surface area contributed by atoms with Crippen LogP contribution < -0.4 is 10.1 Å². The number of ether oxygens (including phenoxy) is 1. The molecule has 0 fully saturated rings. The Morgan fingerprint density at radius 3 is 2.62 bits per heavy atom. The van der Waals surface area contributed by atoms with Crippen LogP contribution in [0.4, 0.5) is 4.39 Å². The summed E-state index contributed by atoms with van der Waals surface area (Å²) in [5, 5.41) is 9.63. The number of carbonyl (C=O) groups is 2. The molecule has 0 saturated carbocycles. The predicted octanol–water partition coefficient (Wildman–Crippen LogP) is 3.23. The van der Waals surface area contributed by atoms with Crippen molar-refractivity contribution >= 4 is 23.5 Å². The summed E-state index contributed by atoms with van der Waals surface area (Å²) >= 11 is 1.06. The smallest absolute Gasteiger partial charge is 0.230 e. The first-order valence-corrected chi connectivity index (χ1v) is 9.70. The normalized spacial score (nSPS) is 10.6. The third kappa shape index (κ3) is 5.41. The number of Topliss-reactive ketones (excluding diaryl/α,β-unsaturated/α-hetero) is 1. The number of benzene rings is 2. The number of thioether (sulfide) groups is 1. The highest BCUT2D eigenvalue weighted by Gasteiger charge is 2.11. The number of halogens is 1. The maximum atomic E-state index is 14.0. The number of nitrogens with one attached hydrogen (secondary N) is 2. The lowest BCUT2D eigenvalue weighted by Gasteiger charge is -2.05. The molecule has 3 aromatic rings. The lowest BCUT2D eigenvalue weighted by Crippen LogP contribution is -2.25. The van der Waals surface area contributed by atoms with Crippen molar-refractivity contribution < 1.29 is 18.7 Å². The summed E-state index contributed by atoms with van der Waals surface area (Å²) in [6.07, 6.45) is 0. The molecule has 9 heteroatoms. The van der Waals surface area contributed by atoms with Gasteiger partial charge in [0.25, 0.3) is 0 Å². The minimum atomic E-state index is -0.519. The van der Waals surface area contributed by atoms with Gasteiger partial charge in [-0.3, -0.25) is 14.7 Å². The number of H-pyrrole nitrogens is 1. The molecule has 3 rings (SSSR count). The van der Waals surface area contributed by atoms with Crippen LogP contribution in [0.15, 0.2) is 47.4 Å². The van der Waals surface area contributed by atoms with E-state index in [-0.39, 0.29) is 24.0 Å². The lowest BCUT2D eigenvalue weighted by atomic mass is 10.1. The summed E-state index contributed by atoms with van der Waals surface area (Å²) < 4.78 is 19.1. The fourth-order valence-electron chi connectivity index (χ4n) is 2.46. The molecular formula is C20H19FN4O3S. The Labute approximate surface area is 171 Å². The van der Waals surface area contributed by atoms with Crippen molar-refractivity contribution in [3.05, 3.63) is 59.7 Å². The zero-order valence-corrected chi connectivity index (χ0v) is 16.7. The third-order valence-electron chi connectivity index (χ3n) is 4.03. The van der Waals surface area contributed by atoms with Gasteiger partial charge in [-0.1, -0.05) is 6.07 Å². The number of carbonyl (C=O) groups excluding carboxylic acids is 2. The van der Waals surface area contributed by atoms with Crippen LogP contribution in [0.5, 0.6) is 5.75 Å². The largest absolute Gasteiger partial charge is 0.497 e. The summed E-state index contributed by atoms with van der Waals surface area (Å²) in [6.45, 7) is 1.55. The number of amides is 1. The van der Waals surface area contributed by atoms with E-state index in [0.717, 1.165) is 23.1 Å². The first kappa shape index (κ1) is 20.5. The Morgan fingerprint density at radius 1 is 1.21 bits per heavy atom. The van der Waals surface area contributed by atoms with Crippen LogP contribution in [0, 0.1) is 5.82 Å². The molecule has 7 nitrogen and oxygen atoms in total. The fourth-order valence-corrected chi connectivity index (χ4v) is 3.21. The van der Waals surface area contributed by atoms with Crippen LogP contribution in [0.2, 0.25) is 0 Å². The van der Waals surface area contributed by atoms with Gasteiger partial charge in [-0.2, -0.15) is 5.10 Å². The van der Waals surface area contributed by atoms with Crippen molar-refractivity contribution in [1.29, 1.82) is 0 Å². The molecule has 0 bridgehead atoms. The van der Waals surface area contributed by atoms with Crippen LogP contribution >= 0.6 is 11.8 Å². The Bertz CT molecular complexity index is 1020. The van der Waals surface area contributed by atoms with Crippen LogP contribution in [0.25, 0.3) is 11.4 Å². The minimum Gasteiger partial charge on any atom is -0.497 e. The van der Waals surface area contributed by atoms with Gasteiger partial charge in [0.15, 0.2) is 11.6 Å². The van der Waals surface area contributed by atoms with Gasteiger partial charge < -0.3 is 10.1 Å². The summed E-state index contributed by atoms with van der Waals surface area (Å²) in [7, 11) is 1.59. The number of aromatic nitrogens is 3. The molecule has 0 atom stereocenters. The van der Waals surface area contributed by atoms with Crippen molar-refractivity contribution in [3.8, 4) is 17.1 Å². The van der Waals surface area contributed by atoms with E-state index < -0.39 is 5.82 Å².